The molecule has 4 rings (SSSR count). The molecule has 0 saturated carbocycles. The minimum Gasteiger partial charge on any atom is -0.324 e. The highest BCUT2D eigenvalue weighted by atomic mass is 127. The van der Waals surface area contributed by atoms with Gasteiger partial charge in [-0.3, -0.25) is 0 Å². The predicted molar refractivity (Wildman–Crippen MR) is 110 cm³/mol. The number of allylic oxidation sites excluding steroid dienone is 1. The summed E-state index contributed by atoms with van der Waals surface area (Å²) in [6, 6.07) is 13.7. The quantitative estimate of drug-likeness (QED) is 0.486. The van der Waals surface area contributed by atoms with Crippen LogP contribution in [0.4, 0.5) is 5.95 Å². The molecule has 0 spiro atoms. The highest BCUT2D eigenvalue weighted by Crippen LogP contribution is 2.36. The van der Waals surface area contributed by atoms with E-state index in [0.717, 1.165) is 16.8 Å². The Kier molecular flexibility index (Phi) is 4.47. The van der Waals surface area contributed by atoms with Crippen molar-refractivity contribution in [2.75, 3.05) is 5.32 Å². The van der Waals surface area contributed by atoms with Crippen LogP contribution in [0, 0.1) is 10.5 Å². The maximum absolute atomic E-state index is 6.45. The number of aryl methyl sites for hydroxylation is 1. The van der Waals surface area contributed by atoms with Gasteiger partial charge < -0.3 is 5.32 Å². The summed E-state index contributed by atoms with van der Waals surface area (Å²) in [5, 5.41) is 9.10. The van der Waals surface area contributed by atoms with E-state index in [9.17, 15) is 0 Å². The first-order chi connectivity index (χ1) is 12.0. The van der Waals surface area contributed by atoms with Gasteiger partial charge in [-0.05, 0) is 71.0 Å². The van der Waals surface area contributed by atoms with Gasteiger partial charge in [0.1, 0.15) is 11.9 Å². The van der Waals surface area contributed by atoms with Crippen molar-refractivity contribution in [3.63, 3.8) is 0 Å². The lowest BCUT2D eigenvalue weighted by molar-refractivity contribution is 0.607. The number of hydrogen-bond donors (Lipinski definition) is 1. The number of hydrogen-bond acceptors (Lipinski definition) is 3. The van der Waals surface area contributed by atoms with Crippen molar-refractivity contribution in [3.05, 3.63) is 79.1 Å². The van der Waals surface area contributed by atoms with Crippen LogP contribution in [0.2, 0.25) is 10.0 Å². The molecule has 7 heteroatoms. The Bertz CT molecular complexity index is 979. The molecule has 0 amide bonds. The maximum atomic E-state index is 6.45. The molecule has 0 aliphatic carbocycles. The number of fused-ring (bicyclic) bond motifs is 1. The van der Waals surface area contributed by atoms with Crippen LogP contribution >= 0.6 is 45.8 Å². The number of anilines is 1. The number of rotatable bonds is 2. The first-order valence-electron chi connectivity index (χ1n) is 7.64. The lowest BCUT2D eigenvalue weighted by Crippen LogP contribution is -2.20. The summed E-state index contributed by atoms with van der Waals surface area (Å²) < 4.78 is 3.04. The van der Waals surface area contributed by atoms with Gasteiger partial charge in [-0.1, -0.05) is 41.4 Å². The molecule has 0 saturated heterocycles. The van der Waals surface area contributed by atoms with Crippen molar-refractivity contribution in [1.29, 1.82) is 0 Å². The number of nitrogens with zero attached hydrogens (tertiary/aromatic N) is 3. The molecule has 0 radical (unpaired) electrons. The van der Waals surface area contributed by atoms with Crippen LogP contribution in [0.5, 0.6) is 0 Å². The minimum atomic E-state index is -0.156. The van der Waals surface area contributed by atoms with Crippen LogP contribution < -0.4 is 5.32 Å². The van der Waals surface area contributed by atoms with Crippen LogP contribution in [0.25, 0.3) is 5.70 Å². The molecule has 0 unspecified atom stereocenters. The molecule has 1 aliphatic rings. The van der Waals surface area contributed by atoms with E-state index in [1.54, 1.807) is 6.07 Å². The molecule has 1 aromatic heterocycles. The average molecular weight is 483 g/mol. The van der Waals surface area contributed by atoms with Gasteiger partial charge in [0.25, 0.3) is 0 Å². The molecule has 0 bridgehead atoms. The molecular weight excluding hydrogens is 470 g/mol. The molecule has 126 valence electrons. The standard InChI is InChI=1S/C18H13Cl2IN4/c1-10-22-18-23-16(11-2-5-13(21)6-3-11)9-17(25(18)24-10)14-7-4-12(19)8-15(14)20/h2-9,17H,1H3,(H,22,23,24)/t17-/m0/s1. The van der Waals surface area contributed by atoms with Crippen LogP contribution in [0.15, 0.2) is 48.5 Å². The second kappa shape index (κ2) is 6.63. The van der Waals surface area contributed by atoms with Gasteiger partial charge in [0.05, 0.1) is 0 Å². The Hall–Kier alpha value is -1.57. The first-order valence-corrected chi connectivity index (χ1v) is 9.47. The highest BCUT2D eigenvalue weighted by Gasteiger charge is 2.26. The third kappa shape index (κ3) is 3.28. The zero-order chi connectivity index (χ0) is 17.6. The predicted octanol–water partition coefficient (Wildman–Crippen LogP) is 5.55. The smallest absolute Gasteiger partial charge is 0.226 e. The van der Waals surface area contributed by atoms with Gasteiger partial charge in [0, 0.05) is 19.3 Å². The Morgan fingerprint density at radius 2 is 1.88 bits per heavy atom. The molecule has 0 fully saturated rings. The van der Waals surface area contributed by atoms with Gasteiger partial charge in [0.15, 0.2) is 0 Å². The van der Waals surface area contributed by atoms with Crippen LogP contribution in [-0.4, -0.2) is 14.8 Å². The van der Waals surface area contributed by atoms with Crippen LogP contribution in [-0.2, 0) is 0 Å². The molecule has 2 heterocycles. The topological polar surface area (TPSA) is 42.7 Å². The van der Waals surface area contributed by atoms with Crippen molar-refractivity contribution in [1.82, 2.24) is 14.8 Å². The molecule has 4 nitrogen and oxygen atoms in total. The molecule has 1 aliphatic heterocycles. The molecular formula is C18H13Cl2IN4. The largest absolute Gasteiger partial charge is 0.324 e. The first kappa shape index (κ1) is 16.9. The Balaban J connectivity index is 1.85. The zero-order valence-electron chi connectivity index (χ0n) is 13.2. The lowest BCUT2D eigenvalue weighted by atomic mass is 10.0. The molecule has 25 heavy (non-hydrogen) atoms. The molecule has 1 atom stereocenters. The summed E-state index contributed by atoms with van der Waals surface area (Å²) >= 11 is 14.8. The van der Waals surface area contributed by atoms with Gasteiger partial charge in [-0.2, -0.15) is 10.1 Å². The van der Waals surface area contributed by atoms with E-state index in [-0.39, 0.29) is 6.04 Å². The zero-order valence-corrected chi connectivity index (χ0v) is 16.8. The number of aromatic nitrogens is 3. The Morgan fingerprint density at radius 1 is 1.12 bits per heavy atom. The van der Waals surface area contributed by atoms with E-state index < -0.39 is 0 Å². The fourth-order valence-corrected chi connectivity index (χ4v) is 3.74. The molecule has 2 aromatic carbocycles. The minimum absolute atomic E-state index is 0.156. The van der Waals surface area contributed by atoms with Crippen molar-refractivity contribution >= 4 is 57.4 Å². The average Bonchev–Trinajstić information content (AvgIpc) is 2.95. The van der Waals surface area contributed by atoms with E-state index in [1.165, 1.54) is 3.57 Å². The van der Waals surface area contributed by atoms with Gasteiger partial charge in [-0.15, -0.1) is 0 Å². The van der Waals surface area contributed by atoms with Gasteiger partial charge in [0.2, 0.25) is 5.95 Å². The van der Waals surface area contributed by atoms with E-state index in [0.29, 0.717) is 21.8 Å². The normalized spacial score (nSPS) is 16.2. The van der Waals surface area contributed by atoms with Crippen molar-refractivity contribution in [2.45, 2.75) is 13.0 Å². The van der Waals surface area contributed by atoms with Crippen LogP contribution in [0.3, 0.4) is 0 Å². The van der Waals surface area contributed by atoms with Crippen molar-refractivity contribution < 1.29 is 0 Å². The van der Waals surface area contributed by atoms with E-state index in [2.05, 4.69) is 68.3 Å². The lowest BCUT2D eigenvalue weighted by Gasteiger charge is -2.25. The summed E-state index contributed by atoms with van der Waals surface area (Å²) in [6.45, 7) is 1.87. The SMILES string of the molecule is Cc1nc2n(n1)[C@H](c1ccc(Cl)cc1Cl)C=C(c1ccc(I)cc1)N2. The molecule has 3 aromatic rings. The van der Waals surface area contributed by atoms with Gasteiger partial charge in [-0.25, -0.2) is 4.68 Å². The highest BCUT2D eigenvalue weighted by molar-refractivity contribution is 14.1. The van der Waals surface area contributed by atoms with Crippen molar-refractivity contribution in [2.24, 2.45) is 0 Å². The Morgan fingerprint density at radius 3 is 2.60 bits per heavy atom. The number of halogens is 3. The van der Waals surface area contributed by atoms with Crippen molar-refractivity contribution in [3.8, 4) is 0 Å². The third-order valence-corrected chi connectivity index (χ3v) is 5.29. The summed E-state index contributed by atoms with van der Waals surface area (Å²) in [6.07, 6.45) is 2.11. The summed E-state index contributed by atoms with van der Waals surface area (Å²) in [5.41, 5.74) is 3.00. The number of nitrogens with one attached hydrogen (secondary N) is 1. The van der Waals surface area contributed by atoms with E-state index >= 15 is 0 Å². The fraction of sp³-hybridized carbons (Fsp3) is 0.111. The summed E-state index contributed by atoms with van der Waals surface area (Å²) in [7, 11) is 0. The van der Waals surface area contributed by atoms with Crippen LogP contribution in [0.1, 0.15) is 23.0 Å². The second-order valence-corrected chi connectivity index (χ2v) is 7.84. The maximum Gasteiger partial charge on any atom is 0.226 e. The Labute approximate surface area is 169 Å². The molecule has 1 N–H and O–H groups in total. The number of benzene rings is 2. The summed E-state index contributed by atoms with van der Waals surface area (Å²) in [5.74, 6) is 1.40. The monoisotopic (exact) mass is 482 g/mol. The fourth-order valence-electron chi connectivity index (χ4n) is 2.86. The van der Waals surface area contributed by atoms with E-state index in [4.69, 9.17) is 23.2 Å². The summed E-state index contributed by atoms with van der Waals surface area (Å²) in [4.78, 5) is 4.50. The third-order valence-electron chi connectivity index (χ3n) is 4.01. The van der Waals surface area contributed by atoms with Gasteiger partial charge >= 0.3 is 0 Å². The van der Waals surface area contributed by atoms with E-state index in [1.807, 2.05) is 23.7 Å². The second-order valence-electron chi connectivity index (χ2n) is 5.75.